The number of nitrogens with one attached hydrogen (secondary N) is 2. The van der Waals surface area contributed by atoms with Gasteiger partial charge in [-0.15, -0.1) is 0 Å². The van der Waals surface area contributed by atoms with Gasteiger partial charge in [0.05, 0.1) is 6.42 Å². The van der Waals surface area contributed by atoms with Crippen LogP contribution in [0.15, 0.2) is 54.6 Å². The molecular weight excluding hydrogens is 315 g/mol. The minimum Gasteiger partial charge on any atom is -0.455 e. The summed E-state index contributed by atoms with van der Waals surface area (Å²) in [6.07, 6.45) is -0.295. The molecular formula is C17H15FN2O4. The predicted molar refractivity (Wildman–Crippen MR) is 84.7 cm³/mol. The zero-order valence-electron chi connectivity index (χ0n) is 12.6. The van der Waals surface area contributed by atoms with Gasteiger partial charge < -0.3 is 10.1 Å². The number of esters is 1. The summed E-state index contributed by atoms with van der Waals surface area (Å²) in [7, 11) is 0. The number of hydrogen-bond donors (Lipinski definition) is 2. The van der Waals surface area contributed by atoms with Crippen molar-refractivity contribution in [3.63, 3.8) is 0 Å². The number of para-hydroxylation sites is 1. The van der Waals surface area contributed by atoms with Gasteiger partial charge in [0.15, 0.2) is 6.61 Å². The van der Waals surface area contributed by atoms with Crippen molar-refractivity contribution in [2.45, 2.75) is 6.42 Å². The predicted octanol–water partition coefficient (Wildman–Crippen LogP) is 2.26. The summed E-state index contributed by atoms with van der Waals surface area (Å²) in [5.74, 6) is -2.08. The number of rotatable bonds is 5. The van der Waals surface area contributed by atoms with E-state index in [0.717, 1.165) is 0 Å². The summed E-state index contributed by atoms with van der Waals surface area (Å²) >= 11 is 0. The quantitative estimate of drug-likeness (QED) is 0.824. The number of benzene rings is 2. The number of anilines is 1. The summed E-state index contributed by atoms with van der Waals surface area (Å²) in [6.45, 7) is -0.629. The molecule has 0 fully saturated rings. The molecule has 0 saturated carbocycles. The Morgan fingerprint density at radius 3 is 2.33 bits per heavy atom. The van der Waals surface area contributed by atoms with Gasteiger partial charge in [0.25, 0.3) is 5.91 Å². The molecule has 0 aliphatic heterocycles. The maximum atomic E-state index is 13.4. The Morgan fingerprint density at radius 2 is 1.62 bits per heavy atom. The molecule has 0 heterocycles. The van der Waals surface area contributed by atoms with Crippen molar-refractivity contribution < 1.29 is 23.5 Å². The summed E-state index contributed by atoms with van der Waals surface area (Å²) < 4.78 is 18.1. The Balaban J connectivity index is 1.73. The zero-order valence-corrected chi connectivity index (χ0v) is 12.6. The van der Waals surface area contributed by atoms with E-state index in [9.17, 15) is 18.8 Å². The lowest BCUT2D eigenvalue weighted by Gasteiger charge is -2.07. The van der Waals surface area contributed by atoms with Gasteiger partial charge >= 0.3 is 12.0 Å². The fraction of sp³-hybridized carbons (Fsp3) is 0.118. The Morgan fingerprint density at radius 1 is 0.958 bits per heavy atom. The maximum Gasteiger partial charge on any atom is 0.325 e. The molecule has 0 unspecified atom stereocenters. The van der Waals surface area contributed by atoms with Gasteiger partial charge in [-0.2, -0.15) is 0 Å². The molecule has 7 heteroatoms. The van der Waals surface area contributed by atoms with Crippen LogP contribution in [0, 0.1) is 5.82 Å². The lowest BCUT2D eigenvalue weighted by molar-refractivity contribution is -0.147. The van der Waals surface area contributed by atoms with E-state index in [1.54, 1.807) is 36.4 Å². The average Bonchev–Trinajstić information content (AvgIpc) is 2.56. The summed E-state index contributed by atoms with van der Waals surface area (Å²) in [4.78, 5) is 34.7. The van der Waals surface area contributed by atoms with Crippen LogP contribution in [-0.2, 0) is 20.7 Å². The Kier molecular flexibility index (Phi) is 6.01. The Hall–Kier alpha value is -3.22. The molecule has 6 nitrogen and oxygen atoms in total. The average molecular weight is 330 g/mol. The molecule has 0 saturated heterocycles. The van der Waals surface area contributed by atoms with Gasteiger partial charge in [0.2, 0.25) is 0 Å². The van der Waals surface area contributed by atoms with Crippen LogP contribution in [0.5, 0.6) is 0 Å². The molecule has 124 valence electrons. The summed E-state index contributed by atoms with van der Waals surface area (Å²) in [5, 5.41) is 4.47. The SMILES string of the molecule is O=C(COC(=O)Cc1ccccc1F)NC(=O)Nc1ccccc1. The van der Waals surface area contributed by atoms with Crippen LogP contribution in [0.1, 0.15) is 5.56 Å². The molecule has 2 N–H and O–H groups in total. The number of halogens is 1. The molecule has 0 radical (unpaired) electrons. The minimum absolute atomic E-state index is 0.171. The van der Waals surface area contributed by atoms with E-state index in [1.165, 1.54) is 18.2 Å². The fourth-order valence-electron chi connectivity index (χ4n) is 1.84. The molecule has 0 spiro atoms. The lowest BCUT2D eigenvalue weighted by atomic mass is 10.1. The van der Waals surface area contributed by atoms with Crippen LogP contribution < -0.4 is 10.6 Å². The maximum absolute atomic E-state index is 13.4. The Labute approximate surface area is 137 Å². The number of carbonyl (C=O) groups excluding carboxylic acids is 3. The van der Waals surface area contributed by atoms with E-state index in [-0.39, 0.29) is 12.0 Å². The van der Waals surface area contributed by atoms with Crippen LogP contribution in [0.2, 0.25) is 0 Å². The normalized spacial score (nSPS) is 9.88. The van der Waals surface area contributed by atoms with Crippen LogP contribution in [0.25, 0.3) is 0 Å². The molecule has 3 amide bonds. The number of ether oxygens (including phenoxy) is 1. The van der Waals surface area contributed by atoms with Gasteiger partial charge in [0, 0.05) is 5.69 Å². The van der Waals surface area contributed by atoms with Crippen LogP contribution >= 0.6 is 0 Å². The van der Waals surface area contributed by atoms with Crippen molar-refractivity contribution in [1.29, 1.82) is 0 Å². The first-order valence-electron chi connectivity index (χ1n) is 7.09. The monoisotopic (exact) mass is 330 g/mol. The highest BCUT2D eigenvalue weighted by Gasteiger charge is 2.13. The van der Waals surface area contributed by atoms with Gasteiger partial charge in [0.1, 0.15) is 5.82 Å². The second-order valence-electron chi connectivity index (χ2n) is 4.80. The standard InChI is InChI=1S/C17H15FN2O4/c18-14-9-5-4-6-12(14)10-16(22)24-11-15(21)20-17(23)19-13-7-2-1-3-8-13/h1-9H,10-11H2,(H2,19,20,21,23). The molecule has 2 aromatic rings. The summed E-state index contributed by atoms with van der Waals surface area (Å²) in [6, 6.07) is 13.6. The minimum atomic E-state index is -0.787. The third kappa shape index (κ3) is 5.53. The highest BCUT2D eigenvalue weighted by Crippen LogP contribution is 2.07. The van der Waals surface area contributed by atoms with Gasteiger partial charge in [-0.3, -0.25) is 14.9 Å². The number of amides is 3. The first-order valence-corrected chi connectivity index (χ1v) is 7.09. The molecule has 0 aliphatic rings. The molecule has 0 aliphatic carbocycles. The molecule has 0 bridgehead atoms. The van der Waals surface area contributed by atoms with E-state index < -0.39 is 30.3 Å². The van der Waals surface area contributed by atoms with E-state index in [2.05, 4.69) is 5.32 Å². The lowest BCUT2D eigenvalue weighted by Crippen LogP contribution is -2.37. The molecule has 2 aromatic carbocycles. The molecule has 2 rings (SSSR count). The van der Waals surface area contributed by atoms with E-state index >= 15 is 0 Å². The smallest absolute Gasteiger partial charge is 0.325 e. The highest BCUT2D eigenvalue weighted by atomic mass is 19.1. The van der Waals surface area contributed by atoms with Crippen molar-refractivity contribution in [3.05, 3.63) is 66.0 Å². The molecule has 0 aromatic heterocycles. The second-order valence-corrected chi connectivity index (χ2v) is 4.80. The fourth-order valence-corrected chi connectivity index (χ4v) is 1.84. The molecule has 0 atom stereocenters. The van der Waals surface area contributed by atoms with Crippen molar-refractivity contribution in [2.75, 3.05) is 11.9 Å². The second kappa shape index (κ2) is 8.42. The van der Waals surface area contributed by atoms with Crippen LogP contribution in [-0.4, -0.2) is 24.5 Å². The van der Waals surface area contributed by atoms with Crippen molar-refractivity contribution in [2.24, 2.45) is 0 Å². The van der Waals surface area contributed by atoms with E-state index in [0.29, 0.717) is 5.69 Å². The van der Waals surface area contributed by atoms with Crippen molar-refractivity contribution in [3.8, 4) is 0 Å². The van der Waals surface area contributed by atoms with Gasteiger partial charge in [-0.1, -0.05) is 36.4 Å². The molecule has 24 heavy (non-hydrogen) atoms. The van der Waals surface area contributed by atoms with E-state index in [1.807, 2.05) is 5.32 Å². The largest absolute Gasteiger partial charge is 0.455 e. The number of urea groups is 1. The van der Waals surface area contributed by atoms with E-state index in [4.69, 9.17) is 4.74 Å². The number of carbonyl (C=O) groups is 3. The van der Waals surface area contributed by atoms with Crippen molar-refractivity contribution in [1.82, 2.24) is 5.32 Å². The first kappa shape index (κ1) is 17.1. The van der Waals surface area contributed by atoms with Crippen molar-refractivity contribution >= 4 is 23.6 Å². The van der Waals surface area contributed by atoms with Gasteiger partial charge in [-0.25, -0.2) is 9.18 Å². The third-order valence-corrected chi connectivity index (χ3v) is 2.94. The Bertz CT molecular complexity index is 734. The third-order valence-electron chi connectivity index (χ3n) is 2.94. The highest BCUT2D eigenvalue weighted by molar-refractivity contribution is 6.01. The van der Waals surface area contributed by atoms with Gasteiger partial charge in [-0.05, 0) is 23.8 Å². The zero-order chi connectivity index (χ0) is 17.4. The van der Waals surface area contributed by atoms with Crippen LogP contribution in [0.4, 0.5) is 14.9 Å². The number of hydrogen-bond acceptors (Lipinski definition) is 4. The number of imide groups is 1. The summed E-state index contributed by atoms with van der Waals surface area (Å²) in [5.41, 5.74) is 0.684. The first-order chi connectivity index (χ1) is 11.5. The topological polar surface area (TPSA) is 84.5 Å². The van der Waals surface area contributed by atoms with Crippen LogP contribution in [0.3, 0.4) is 0 Å².